The van der Waals surface area contributed by atoms with Gasteiger partial charge in [-0.2, -0.15) is 0 Å². The SMILES string of the molecule is O=C(CC1CCCCN1)N1CCOCC1CO. The molecule has 0 aromatic rings. The van der Waals surface area contributed by atoms with Crippen molar-refractivity contribution >= 4 is 5.91 Å². The van der Waals surface area contributed by atoms with Crippen molar-refractivity contribution in [2.75, 3.05) is 32.9 Å². The van der Waals surface area contributed by atoms with Crippen LogP contribution < -0.4 is 5.32 Å². The number of nitrogens with one attached hydrogen (secondary N) is 1. The van der Waals surface area contributed by atoms with E-state index < -0.39 is 0 Å². The second-order valence-electron chi connectivity index (χ2n) is 4.85. The van der Waals surface area contributed by atoms with E-state index in [0.29, 0.717) is 32.2 Å². The van der Waals surface area contributed by atoms with Crippen molar-refractivity contribution < 1.29 is 14.6 Å². The number of aliphatic hydroxyl groups excluding tert-OH is 1. The predicted molar refractivity (Wildman–Crippen MR) is 63.7 cm³/mol. The summed E-state index contributed by atoms with van der Waals surface area (Å²) in [6.45, 7) is 2.66. The van der Waals surface area contributed by atoms with Gasteiger partial charge in [0.1, 0.15) is 0 Å². The number of hydrogen-bond acceptors (Lipinski definition) is 4. The van der Waals surface area contributed by atoms with Gasteiger partial charge >= 0.3 is 0 Å². The molecule has 0 aromatic heterocycles. The van der Waals surface area contributed by atoms with Crippen LogP contribution in [0.25, 0.3) is 0 Å². The first-order valence-corrected chi connectivity index (χ1v) is 6.52. The average molecular weight is 242 g/mol. The number of aliphatic hydroxyl groups is 1. The Kier molecular flexibility index (Phi) is 4.76. The van der Waals surface area contributed by atoms with Crippen molar-refractivity contribution in [3.63, 3.8) is 0 Å². The average Bonchev–Trinajstić information content (AvgIpc) is 2.40. The summed E-state index contributed by atoms with van der Waals surface area (Å²) < 4.78 is 5.27. The van der Waals surface area contributed by atoms with E-state index in [0.717, 1.165) is 13.0 Å². The Morgan fingerprint density at radius 1 is 1.47 bits per heavy atom. The molecule has 5 heteroatoms. The molecular weight excluding hydrogens is 220 g/mol. The minimum Gasteiger partial charge on any atom is -0.394 e. The first-order chi connectivity index (χ1) is 8.31. The van der Waals surface area contributed by atoms with Gasteiger partial charge in [0, 0.05) is 19.0 Å². The highest BCUT2D eigenvalue weighted by molar-refractivity contribution is 5.77. The maximum atomic E-state index is 12.2. The molecule has 0 aliphatic carbocycles. The number of ether oxygens (including phenoxy) is 1. The standard InChI is InChI=1S/C12H22N2O3/c15-8-11-9-17-6-5-14(11)12(16)7-10-3-1-2-4-13-10/h10-11,13,15H,1-9H2. The highest BCUT2D eigenvalue weighted by atomic mass is 16.5. The summed E-state index contributed by atoms with van der Waals surface area (Å²) in [6.07, 6.45) is 4.05. The zero-order valence-electron chi connectivity index (χ0n) is 10.2. The molecule has 0 saturated carbocycles. The number of hydrogen-bond donors (Lipinski definition) is 2. The summed E-state index contributed by atoms with van der Waals surface area (Å²) in [5.74, 6) is 0.145. The van der Waals surface area contributed by atoms with Crippen LogP contribution in [0, 0.1) is 0 Å². The predicted octanol–water partition coefficient (Wildman–Crippen LogP) is -0.262. The molecule has 0 aromatic carbocycles. The molecule has 2 saturated heterocycles. The molecule has 2 fully saturated rings. The third kappa shape index (κ3) is 3.40. The Morgan fingerprint density at radius 2 is 2.35 bits per heavy atom. The summed E-state index contributed by atoms with van der Waals surface area (Å²) >= 11 is 0. The molecule has 2 rings (SSSR count). The van der Waals surface area contributed by atoms with Crippen LogP contribution >= 0.6 is 0 Å². The van der Waals surface area contributed by atoms with Crippen LogP contribution in [0.15, 0.2) is 0 Å². The first kappa shape index (κ1) is 12.8. The van der Waals surface area contributed by atoms with E-state index in [4.69, 9.17) is 4.74 Å². The molecular formula is C12H22N2O3. The minimum absolute atomic E-state index is 0.0101. The molecule has 0 radical (unpaired) electrons. The van der Waals surface area contributed by atoms with Crippen molar-refractivity contribution in [3.05, 3.63) is 0 Å². The zero-order chi connectivity index (χ0) is 12.1. The minimum atomic E-state index is -0.153. The Hall–Kier alpha value is -0.650. The van der Waals surface area contributed by atoms with Crippen LogP contribution in [-0.2, 0) is 9.53 Å². The first-order valence-electron chi connectivity index (χ1n) is 6.52. The lowest BCUT2D eigenvalue weighted by molar-refractivity contribution is -0.142. The molecule has 2 N–H and O–H groups in total. The van der Waals surface area contributed by atoms with E-state index in [1.807, 2.05) is 0 Å². The lowest BCUT2D eigenvalue weighted by Gasteiger charge is -2.36. The van der Waals surface area contributed by atoms with Crippen LogP contribution in [0.5, 0.6) is 0 Å². The monoisotopic (exact) mass is 242 g/mol. The molecule has 2 unspecified atom stereocenters. The molecule has 2 atom stereocenters. The molecule has 2 aliphatic heterocycles. The van der Waals surface area contributed by atoms with E-state index in [-0.39, 0.29) is 18.6 Å². The maximum absolute atomic E-state index is 12.2. The Morgan fingerprint density at radius 3 is 3.06 bits per heavy atom. The van der Waals surface area contributed by atoms with Crippen molar-refractivity contribution in [2.45, 2.75) is 37.8 Å². The Bertz CT molecular complexity index is 254. The zero-order valence-corrected chi connectivity index (χ0v) is 10.2. The van der Waals surface area contributed by atoms with Crippen LogP contribution in [0.4, 0.5) is 0 Å². The van der Waals surface area contributed by atoms with Crippen LogP contribution in [0.3, 0.4) is 0 Å². The molecule has 1 amide bonds. The quantitative estimate of drug-likeness (QED) is 0.716. The van der Waals surface area contributed by atoms with Gasteiger partial charge in [-0.05, 0) is 19.4 Å². The molecule has 17 heavy (non-hydrogen) atoms. The topological polar surface area (TPSA) is 61.8 Å². The Labute approximate surface area is 102 Å². The van der Waals surface area contributed by atoms with Gasteiger partial charge in [-0.25, -0.2) is 0 Å². The smallest absolute Gasteiger partial charge is 0.224 e. The van der Waals surface area contributed by atoms with Crippen LogP contribution in [-0.4, -0.2) is 60.9 Å². The number of piperidine rings is 1. The van der Waals surface area contributed by atoms with Gasteiger partial charge in [0.05, 0.1) is 25.9 Å². The third-order valence-electron chi connectivity index (χ3n) is 3.59. The molecule has 2 heterocycles. The molecule has 98 valence electrons. The fourth-order valence-corrected chi connectivity index (χ4v) is 2.56. The highest BCUT2D eigenvalue weighted by Gasteiger charge is 2.28. The molecule has 5 nitrogen and oxygen atoms in total. The van der Waals surface area contributed by atoms with Crippen molar-refractivity contribution in [1.29, 1.82) is 0 Å². The normalized spacial score (nSPS) is 30.3. The molecule has 2 aliphatic rings. The lowest BCUT2D eigenvalue weighted by Crippen LogP contribution is -2.52. The van der Waals surface area contributed by atoms with Crippen LogP contribution in [0.1, 0.15) is 25.7 Å². The second-order valence-corrected chi connectivity index (χ2v) is 4.85. The number of rotatable bonds is 3. The second kappa shape index (κ2) is 6.33. The van der Waals surface area contributed by atoms with Gasteiger partial charge in [0.25, 0.3) is 0 Å². The number of morpholine rings is 1. The summed E-state index contributed by atoms with van der Waals surface area (Å²) in [5, 5.41) is 12.6. The molecule has 0 bridgehead atoms. The number of amides is 1. The molecule has 0 spiro atoms. The summed E-state index contributed by atoms with van der Waals surface area (Å²) in [4.78, 5) is 13.9. The maximum Gasteiger partial charge on any atom is 0.224 e. The number of nitrogens with zero attached hydrogens (tertiary/aromatic N) is 1. The van der Waals surface area contributed by atoms with Gasteiger partial charge in [-0.3, -0.25) is 4.79 Å². The lowest BCUT2D eigenvalue weighted by atomic mass is 10.0. The fourth-order valence-electron chi connectivity index (χ4n) is 2.56. The largest absolute Gasteiger partial charge is 0.394 e. The van der Waals surface area contributed by atoms with E-state index >= 15 is 0 Å². The highest BCUT2D eigenvalue weighted by Crippen LogP contribution is 2.14. The van der Waals surface area contributed by atoms with Gasteiger partial charge in [0.15, 0.2) is 0 Å². The van der Waals surface area contributed by atoms with Crippen LogP contribution in [0.2, 0.25) is 0 Å². The van der Waals surface area contributed by atoms with E-state index in [2.05, 4.69) is 5.32 Å². The van der Waals surface area contributed by atoms with E-state index in [1.165, 1.54) is 12.8 Å². The fraction of sp³-hybridized carbons (Fsp3) is 0.917. The summed E-state index contributed by atoms with van der Waals surface area (Å²) in [7, 11) is 0. The Balaban J connectivity index is 1.84. The van der Waals surface area contributed by atoms with Gasteiger partial charge in [-0.1, -0.05) is 6.42 Å². The van der Waals surface area contributed by atoms with E-state index in [9.17, 15) is 9.90 Å². The third-order valence-corrected chi connectivity index (χ3v) is 3.59. The summed E-state index contributed by atoms with van der Waals surface area (Å²) in [6, 6.07) is 0.165. The van der Waals surface area contributed by atoms with Gasteiger partial charge < -0.3 is 20.1 Å². The van der Waals surface area contributed by atoms with E-state index in [1.54, 1.807) is 4.90 Å². The van der Waals surface area contributed by atoms with Crippen molar-refractivity contribution in [1.82, 2.24) is 10.2 Å². The number of carbonyl (C=O) groups excluding carboxylic acids is 1. The van der Waals surface area contributed by atoms with Crippen molar-refractivity contribution in [2.24, 2.45) is 0 Å². The van der Waals surface area contributed by atoms with Gasteiger partial charge in [-0.15, -0.1) is 0 Å². The summed E-state index contributed by atoms with van der Waals surface area (Å²) in [5.41, 5.74) is 0. The number of carbonyl (C=O) groups is 1. The van der Waals surface area contributed by atoms with Gasteiger partial charge in [0.2, 0.25) is 5.91 Å². The van der Waals surface area contributed by atoms with Crippen molar-refractivity contribution in [3.8, 4) is 0 Å².